The summed E-state index contributed by atoms with van der Waals surface area (Å²) in [5, 5.41) is 18.6. The number of aliphatic hydroxyl groups excluding tert-OH is 1. The van der Waals surface area contributed by atoms with Crippen molar-refractivity contribution in [2.45, 2.75) is 55.7 Å². The van der Waals surface area contributed by atoms with Gasteiger partial charge in [0.25, 0.3) is 0 Å². The number of aliphatic hydroxyl groups is 2. The van der Waals surface area contributed by atoms with E-state index in [1.807, 2.05) is 0 Å². The number of rotatable bonds is 2. The van der Waals surface area contributed by atoms with Gasteiger partial charge in [-0.3, -0.25) is 0 Å². The lowest BCUT2D eigenvalue weighted by Gasteiger charge is -2.40. The second kappa shape index (κ2) is 4.31. The summed E-state index contributed by atoms with van der Waals surface area (Å²) in [6.45, 7) is 0. The van der Waals surface area contributed by atoms with Crippen molar-refractivity contribution in [3.8, 4) is 0 Å². The lowest BCUT2D eigenvalue weighted by molar-refractivity contribution is -0.325. The fourth-order valence-corrected chi connectivity index (χ4v) is 1.97. The second-order valence-electron chi connectivity index (χ2n) is 4.34. The van der Waals surface area contributed by atoms with Crippen molar-refractivity contribution in [1.29, 1.82) is 0 Å². The lowest BCUT2D eigenvalue weighted by atomic mass is 9.78. The predicted molar refractivity (Wildman–Crippen MR) is 45.3 cm³/mol. The van der Waals surface area contributed by atoms with Gasteiger partial charge in [-0.25, -0.2) is 4.39 Å². The molecule has 2 nitrogen and oxygen atoms in total. The Morgan fingerprint density at radius 1 is 1.18 bits per heavy atom. The summed E-state index contributed by atoms with van der Waals surface area (Å²) in [4.78, 5) is 0. The third-order valence-corrected chi connectivity index (χ3v) is 2.90. The van der Waals surface area contributed by atoms with E-state index in [2.05, 4.69) is 0 Å². The molecule has 3 atom stereocenters. The molecule has 0 spiro atoms. The summed E-state index contributed by atoms with van der Waals surface area (Å²) in [6.07, 6.45) is -12.3. The fourth-order valence-electron chi connectivity index (χ4n) is 1.97. The first-order chi connectivity index (χ1) is 7.51. The highest BCUT2D eigenvalue weighted by Crippen LogP contribution is 2.46. The molecule has 0 heterocycles. The first kappa shape index (κ1) is 14.6. The number of halogens is 6. The standard InChI is InChI=1S/C9H12F6O2/c10-6(8(11,12)9(13,14)15)7(17)3-1-2-5(16)4-7/h5-6,16-17H,1-4H2. The van der Waals surface area contributed by atoms with E-state index in [1.165, 1.54) is 0 Å². The van der Waals surface area contributed by atoms with Crippen LogP contribution in [-0.4, -0.2) is 40.2 Å². The van der Waals surface area contributed by atoms with E-state index in [4.69, 9.17) is 5.11 Å². The Kier molecular flexibility index (Phi) is 3.69. The van der Waals surface area contributed by atoms with Gasteiger partial charge in [-0.15, -0.1) is 0 Å². The van der Waals surface area contributed by atoms with Crippen LogP contribution in [0.3, 0.4) is 0 Å². The van der Waals surface area contributed by atoms with Crippen molar-refractivity contribution in [2.24, 2.45) is 0 Å². The van der Waals surface area contributed by atoms with Crippen LogP contribution in [-0.2, 0) is 0 Å². The second-order valence-corrected chi connectivity index (χ2v) is 4.34. The molecule has 8 heteroatoms. The molecule has 1 aliphatic carbocycles. The molecular weight excluding hydrogens is 254 g/mol. The van der Waals surface area contributed by atoms with E-state index in [-0.39, 0.29) is 12.8 Å². The van der Waals surface area contributed by atoms with E-state index >= 15 is 0 Å². The average Bonchev–Trinajstić information content (AvgIpc) is 2.14. The Morgan fingerprint density at radius 2 is 1.71 bits per heavy atom. The van der Waals surface area contributed by atoms with E-state index < -0.39 is 42.8 Å². The van der Waals surface area contributed by atoms with Crippen LogP contribution >= 0.6 is 0 Å². The highest BCUT2D eigenvalue weighted by Gasteiger charge is 2.68. The van der Waals surface area contributed by atoms with Crippen LogP contribution in [0.15, 0.2) is 0 Å². The molecule has 0 bridgehead atoms. The van der Waals surface area contributed by atoms with Crippen LogP contribution in [0.5, 0.6) is 0 Å². The van der Waals surface area contributed by atoms with Crippen molar-refractivity contribution in [3.63, 3.8) is 0 Å². The summed E-state index contributed by atoms with van der Waals surface area (Å²) in [5.74, 6) is -5.63. The molecule has 0 amide bonds. The van der Waals surface area contributed by atoms with Gasteiger partial charge in [0.15, 0.2) is 0 Å². The molecule has 2 N–H and O–H groups in total. The van der Waals surface area contributed by atoms with Crippen LogP contribution in [0.4, 0.5) is 26.3 Å². The molecule has 1 fully saturated rings. The topological polar surface area (TPSA) is 40.5 Å². The molecule has 0 radical (unpaired) electrons. The first-order valence-electron chi connectivity index (χ1n) is 5.00. The number of hydrogen-bond acceptors (Lipinski definition) is 2. The van der Waals surface area contributed by atoms with E-state index in [1.54, 1.807) is 0 Å². The van der Waals surface area contributed by atoms with Gasteiger partial charge in [-0.1, -0.05) is 0 Å². The zero-order valence-corrected chi connectivity index (χ0v) is 8.65. The van der Waals surface area contributed by atoms with E-state index in [0.29, 0.717) is 0 Å². The minimum atomic E-state index is -6.06. The normalized spacial score (nSPS) is 33.5. The molecule has 102 valence electrons. The predicted octanol–water partition coefficient (Wildman–Crippen LogP) is 2.19. The largest absolute Gasteiger partial charge is 0.456 e. The SMILES string of the molecule is OC1CCCC(O)(C(F)C(F)(F)C(F)(F)F)C1. The highest BCUT2D eigenvalue weighted by molar-refractivity contribution is 5.01. The van der Waals surface area contributed by atoms with Gasteiger partial charge < -0.3 is 10.2 Å². The maximum atomic E-state index is 13.3. The summed E-state index contributed by atoms with van der Waals surface area (Å²) in [5.41, 5.74) is -2.84. The molecule has 1 saturated carbocycles. The smallest absolute Gasteiger partial charge is 0.393 e. The summed E-state index contributed by atoms with van der Waals surface area (Å²) in [7, 11) is 0. The zero-order chi connectivity index (χ0) is 13.5. The summed E-state index contributed by atoms with van der Waals surface area (Å²) in [6, 6.07) is 0. The molecule has 1 aliphatic rings. The summed E-state index contributed by atoms with van der Waals surface area (Å²) < 4.78 is 74.6. The van der Waals surface area contributed by atoms with Gasteiger partial charge in [0.1, 0.15) is 5.60 Å². The Bertz CT molecular complexity index is 279. The third-order valence-electron chi connectivity index (χ3n) is 2.90. The van der Waals surface area contributed by atoms with Crippen molar-refractivity contribution in [2.75, 3.05) is 0 Å². The third kappa shape index (κ3) is 2.67. The van der Waals surface area contributed by atoms with Gasteiger partial charge in [0.05, 0.1) is 6.10 Å². The van der Waals surface area contributed by atoms with E-state index in [0.717, 1.165) is 0 Å². The average molecular weight is 266 g/mol. The zero-order valence-electron chi connectivity index (χ0n) is 8.65. The molecule has 3 unspecified atom stereocenters. The van der Waals surface area contributed by atoms with Crippen molar-refractivity contribution < 1.29 is 36.6 Å². The lowest BCUT2D eigenvalue weighted by Crippen LogP contribution is -2.58. The molecule has 0 aromatic carbocycles. The molecular formula is C9H12F6O2. The molecule has 1 rings (SSSR count). The van der Waals surface area contributed by atoms with E-state index in [9.17, 15) is 31.4 Å². The van der Waals surface area contributed by atoms with Crippen LogP contribution in [0.2, 0.25) is 0 Å². The molecule has 0 aromatic rings. The van der Waals surface area contributed by atoms with Crippen LogP contribution in [0, 0.1) is 0 Å². The fraction of sp³-hybridized carbons (Fsp3) is 1.00. The minimum absolute atomic E-state index is 0.00791. The maximum absolute atomic E-state index is 13.3. The van der Waals surface area contributed by atoms with Crippen LogP contribution in [0.1, 0.15) is 25.7 Å². The molecule has 0 aromatic heterocycles. The van der Waals surface area contributed by atoms with Gasteiger partial charge in [0.2, 0.25) is 6.17 Å². The monoisotopic (exact) mass is 266 g/mol. The Labute approximate surface area is 93.2 Å². The van der Waals surface area contributed by atoms with Crippen molar-refractivity contribution >= 4 is 0 Å². The minimum Gasteiger partial charge on any atom is -0.393 e. The van der Waals surface area contributed by atoms with Gasteiger partial charge in [-0.2, -0.15) is 22.0 Å². The van der Waals surface area contributed by atoms with Crippen LogP contribution in [0.25, 0.3) is 0 Å². The first-order valence-corrected chi connectivity index (χ1v) is 5.00. The number of hydrogen-bond donors (Lipinski definition) is 2. The summed E-state index contributed by atoms with van der Waals surface area (Å²) >= 11 is 0. The maximum Gasteiger partial charge on any atom is 0.456 e. The van der Waals surface area contributed by atoms with Crippen LogP contribution < -0.4 is 0 Å². The van der Waals surface area contributed by atoms with Gasteiger partial charge >= 0.3 is 12.1 Å². The van der Waals surface area contributed by atoms with Crippen molar-refractivity contribution in [1.82, 2.24) is 0 Å². The molecule has 17 heavy (non-hydrogen) atoms. The van der Waals surface area contributed by atoms with Gasteiger partial charge in [0, 0.05) is 6.42 Å². The quantitative estimate of drug-likeness (QED) is 0.752. The Hall–Kier alpha value is -0.500. The molecule has 0 saturated heterocycles. The highest BCUT2D eigenvalue weighted by atomic mass is 19.4. The van der Waals surface area contributed by atoms with Crippen molar-refractivity contribution in [3.05, 3.63) is 0 Å². The molecule has 0 aliphatic heterocycles. The van der Waals surface area contributed by atoms with Gasteiger partial charge in [-0.05, 0) is 19.3 Å². The Morgan fingerprint density at radius 3 is 2.12 bits per heavy atom. The Balaban J connectivity index is 2.91. The number of alkyl halides is 6.